The number of pyridine rings is 3. The Labute approximate surface area is 865 Å². The van der Waals surface area contributed by atoms with Crippen LogP contribution in [0.2, 0.25) is 0 Å². The molecule has 6 unspecified atom stereocenters. The quantitative estimate of drug-likeness (QED) is 0.00732. The van der Waals surface area contributed by atoms with Crippen molar-refractivity contribution in [2.45, 2.75) is 243 Å². The normalized spacial score (nSPS) is 18.3. The van der Waals surface area contributed by atoms with Gasteiger partial charge in [0.05, 0.1) is 84.8 Å². The van der Waals surface area contributed by atoms with Crippen LogP contribution in [0.15, 0.2) is 108 Å². The Morgan fingerprint density at radius 1 is 0.460 bits per heavy atom. The Hall–Kier alpha value is -11.1. The summed E-state index contributed by atoms with van der Waals surface area (Å²) in [4.78, 5) is 130. The van der Waals surface area contributed by atoms with Gasteiger partial charge < -0.3 is 108 Å². The smallest absolute Gasteiger partial charge is 0.471 e. The molecule has 22 N–H and O–H groups in total. The first-order valence-corrected chi connectivity index (χ1v) is 54.2. The number of thiazole rings is 3. The van der Waals surface area contributed by atoms with Gasteiger partial charge in [0.2, 0.25) is 17.8 Å². The molecule has 0 aromatic carbocycles. The van der Waals surface area contributed by atoms with Crippen LogP contribution in [0.5, 0.6) is 0 Å². The van der Waals surface area contributed by atoms with Crippen molar-refractivity contribution in [1.82, 2.24) is 94.7 Å². The second-order valence-corrected chi connectivity index (χ2v) is 40.3. The summed E-state index contributed by atoms with van der Waals surface area (Å²) in [5.41, 5.74) is 11.4. The topological polar surface area (TPSA) is 729 Å². The maximum atomic E-state index is 14.7. The molecule has 3 aliphatic rings. The lowest BCUT2D eigenvalue weighted by molar-refractivity contribution is -0.227. The minimum absolute atomic E-state index is 0. The second-order valence-electron chi connectivity index (χ2n) is 34.1. The van der Waals surface area contributed by atoms with E-state index in [0.29, 0.717) is 77.3 Å². The van der Waals surface area contributed by atoms with E-state index in [1.54, 1.807) is 32.6 Å². The first-order chi connectivity index (χ1) is 70.7. The number of rotatable bonds is 41. The number of ether oxygens (including phenoxy) is 3. The van der Waals surface area contributed by atoms with Gasteiger partial charge in [-0.15, -0.1) is 34.0 Å². The predicted molar refractivity (Wildman–Crippen MR) is 531 cm³/mol. The van der Waals surface area contributed by atoms with Crippen molar-refractivity contribution in [3.63, 3.8) is 0 Å². The molecular weight excluding hydrogens is 2110 g/mol. The van der Waals surface area contributed by atoms with Crippen LogP contribution < -0.4 is 38.5 Å². The molecule has 3 fully saturated rings. The Balaban J connectivity index is 0.000000207. The van der Waals surface area contributed by atoms with Crippen LogP contribution in [0, 0.1) is 35.3 Å². The van der Waals surface area contributed by atoms with E-state index in [2.05, 4.69) is 90.0 Å². The molecule has 3 aliphatic carbocycles. The summed E-state index contributed by atoms with van der Waals surface area (Å²) in [6, 6.07) is 4.77. The van der Waals surface area contributed by atoms with Gasteiger partial charge in [-0.25, -0.2) is 66.3 Å². The van der Waals surface area contributed by atoms with Crippen molar-refractivity contribution < 1.29 is 147 Å². The minimum atomic E-state index is -4.98. The van der Waals surface area contributed by atoms with Crippen molar-refractivity contribution in [2.24, 2.45) is 11.5 Å². The van der Waals surface area contributed by atoms with E-state index in [9.17, 15) is 74.3 Å². The molecular formula is C89H119F6N24O25P3S3. The van der Waals surface area contributed by atoms with Crippen LogP contribution in [0.1, 0.15) is 226 Å². The van der Waals surface area contributed by atoms with E-state index in [-0.39, 0.29) is 111 Å². The second kappa shape index (κ2) is 56.0. The summed E-state index contributed by atoms with van der Waals surface area (Å²) in [7, 11) is -14.4. The van der Waals surface area contributed by atoms with Crippen molar-refractivity contribution in [3.8, 4) is 65.9 Å². The Bertz CT molecular complexity index is 5990. The van der Waals surface area contributed by atoms with Crippen LogP contribution in [0.25, 0.3) is 65.9 Å². The van der Waals surface area contributed by atoms with E-state index in [1.807, 2.05) is 27.7 Å². The number of anilines is 3. The summed E-state index contributed by atoms with van der Waals surface area (Å²) in [6.07, 6.45) is 17.9. The molecule has 15 rings (SSSR count). The van der Waals surface area contributed by atoms with E-state index in [0.717, 1.165) is 160 Å². The molecule has 0 spiro atoms. The number of nitrogens with two attached hydrogens (primary N) is 2. The van der Waals surface area contributed by atoms with Crippen molar-refractivity contribution >= 4 is 98.2 Å². The molecule has 12 aromatic heterocycles. The number of aliphatic hydroxyl groups excluding tert-OH is 5. The molecule has 820 valence electrons. The van der Waals surface area contributed by atoms with Gasteiger partial charge >= 0.3 is 21.6 Å². The zero-order chi connectivity index (χ0) is 108. The highest BCUT2D eigenvalue weighted by Gasteiger charge is 2.35. The number of unbranched alkanes of at least 4 members (excludes halogenated alkanes) is 1. The van der Waals surface area contributed by atoms with Crippen LogP contribution in [0.4, 0.5) is 43.4 Å². The highest BCUT2D eigenvalue weighted by molar-refractivity contribution is 7.46. The van der Waals surface area contributed by atoms with Crippen LogP contribution >= 0.6 is 57.5 Å². The van der Waals surface area contributed by atoms with Crippen LogP contribution in [-0.2, 0) is 46.3 Å². The largest absolute Gasteiger partial charge is 0.756 e. The molecule has 12 heterocycles. The minimum Gasteiger partial charge on any atom is -0.756 e. The molecule has 12 aromatic rings. The Kier molecular flexibility index (Phi) is 45.1. The number of aromatic nitrogens is 18. The van der Waals surface area contributed by atoms with E-state index >= 15 is 0 Å². The van der Waals surface area contributed by atoms with Crippen LogP contribution in [0.3, 0.4) is 0 Å². The molecule has 0 radical (unpaired) electrons. The number of hydrogen-bond acceptors (Lipinski definition) is 36. The number of aliphatic hydroxyl groups is 5. The van der Waals surface area contributed by atoms with Crippen molar-refractivity contribution in [2.75, 3.05) is 48.9 Å². The number of halogens is 6. The number of nitrogens with one attached hydrogen (secondary N) is 3. The fourth-order valence-electron chi connectivity index (χ4n) is 15.9. The number of aliphatic carboxylic acids is 1. The molecule has 0 bridgehead atoms. The van der Waals surface area contributed by atoms with Gasteiger partial charge in [0.25, 0.3) is 25.5 Å². The first-order valence-electron chi connectivity index (χ1n) is 47.0. The molecule has 49 nitrogen and oxygen atoms in total. The maximum absolute atomic E-state index is 14.7. The molecule has 150 heavy (non-hydrogen) atoms. The van der Waals surface area contributed by atoms with Gasteiger partial charge in [0.1, 0.15) is 90.6 Å². The predicted octanol–water partition coefficient (Wildman–Crippen LogP) is 12.3. The van der Waals surface area contributed by atoms with E-state index < -0.39 is 138 Å². The van der Waals surface area contributed by atoms with Crippen molar-refractivity contribution in [3.05, 3.63) is 161 Å². The zero-order valence-corrected chi connectivity index (χ0v) is 87.3. The summed E-state index contributed by atoms with van der Waals surface area (Å²) in [6.45, 7) is 13.7. The van der Waals surface area contributed by atoms with E-state index in [1.165, 1.54) is 88.1 Å². The highest BCUT2D eigenvalue weighted by atomic mass is 32.1. The van der Waals surface area contributed by atoms with Gasteiger partial charge in [-0.2, -0.15) is 43.8 Å². The average molecular weight is 2230 g/mol. The van der Waals surface area contributed by atoms with Gasteiger partial charge in [-0.1, -0.05) is 19.8 Å². The number of hydrogen-bond donors (Lipinski definition) is 17. The zero-order valence-electron chi connectivity index (χ0n) is 82.2. The number of carbonyl (C=O) groups is 4. The number of carboxylic acids is 1. The molecule has 9 atom stereocenters. The summed E-state index contributed by atoms with van der Waals surface area (Å²) < 4.78 is 159. The third-order valence-electron chi connectivity index (χ3n) is 23.2. The van der Waals surface area contributed by atoms with Crippen LogP contribution in [-0.4, -0.2) is 249 Å². The lowest BCUT2D eigenvalue weighted by Crippen LogP contribution is -2.45. The van der Waals surface area contributed by atoms with Crippen molar-refractivity contribution in [1.29, 1.82) is 0 Å². The van der Waals surface area contributed by atoms with E-state index in [4.69, 9.17) is 70.6 Å². The number of phosphoric ester groups is 3. The molecule has 0 saturated heterocycles. The number of amides is 3. The number of phosphoric acid groups is 3. The lowest BCUT2D eigenvalue weighted by atomic mass is 9.93. The molecule has 61 heteroatoms. The molecule has 3 amide bonds. The lowest BCUT2D eigenvalue weighted by Gasteiger charge is -2.28. The fraction of sp³-hybridized carbons (Fsp3) is 0.483. The Morgan fingerprint density at radius 3 is 1.04 bits per heavy atom. The number of quaternary nitrogens is 1. The van der Waals surface area contributed by atoms with Gasteiger partial charge in [0, 0.05) is 89.8 Å². The van der Waals surface area contributed by atoms with Gasteiger partial charge in [0.15, 0.2) is 36.1 Å². The summed E-state index contributed by atoms with van der Waals surface area (Å²) in [5, 5.41) is 92.9. The number of carbonyl (C=O) groups excluding carboxylic acids is 3. The average Bonchev–Trinajstić information content (AvgIpc) is 1.65. The maximum Gasteiger partial charge on any atom is 0.471 e. The molecule has 3 saturated carbocycles. The Morgan fingerprint density at radius 2 is 0.767 bits per heavy atom. The SMILES string of the molecule is CCC[C@H](O)[C@@H](O)[C@H](O)C(O)CO.CCOC1CCC(n2cc(NC(=O)c3csc(-c4cnn(C(C)OP(=O)(O)O)c4)n3)c(-c3nc(F)ccc3F)n2)CC1.CCOC1CCC(n2cc(NC(=O)c3csc(-c4cnn(C(C)OP(=O)(O)O)c4)n3)c(-c3nc(F)ccc3F)n2)CC1.CCOC1CCC(n2cc(NC(=O)c3csc(-c4cnn(C(C)OP(=O)([O-])O)c4)n3)c(-c3nc(F)ccc3F)n2)CC1.NCCCCC(N)C(=O)O.[NH4+]. The fourth-order valence-corrected chi connectivity index (χ4v) is 19.7. The third kappa shape index (κ3) is 34.7. The molecule has 0 aliphatic heterocycles. The van der Waals surface area contributed by atoms with Gasteiger partial charge in [-0.3, -0.25) is 51.4 Å². The third-order valence-corrected chi connectivity index (χ3v) is 27.7. The summed E-state index contributed by atoms with van der Waals surface area (Å²) in [5.74, 6) is -7.81. The summed E-state index contributed by atoms with van der Waals surface area (Å²) >= 11 is 3.42. The number of nitrogens with zero attached hydrogens (tertiary/aromatic N) is 18. The monoisotopic (exact) mass is 2230 g/mol. The standard InChI is InChI=1S/3C25H28F2N7O6PS.C8H18O5.C6H14N2O2.H3N/c3*1-3-39-17-6-4-16(5-7-17)34-12-19(23(32-34)22-18(26)8-9-21(27)31-22)29-24(35)20-13-42-25(30-20)15-10-28-33(11-15)14(2)40-41(36,37)38;1-2-3-5(10)7(12)8(13)6(11)4-9;7-4-2-1-3-5(8)6(9)10;/h3*8-14,16-17H,3-7H2,1-2H3,(H,29,35)(H2,36,37,38);5-13H,2-4H2,1H3;5H,1-4,7-8H2,(H,9,10);1H3/t;;;5-,6?,7+,8+;;/m...0../s1. The number of carboxylic acid groups (broad SMARTS) is 1. The highest BCUT2D eigenvalue weighted by Crippen LogP contribution is 2.45. The van der Waals surface area contributed by atoms with Gasteiger partial charge in [-0.05, 0) is 181 Å². The first kappa shape index (κ1) is 121.